The van der Waals surface area contributed by atoms with Gasteiger partial charge in [-0.2, -0.15) is 0 Å². The van der Waals surface area contributed by atoms with E-state index in [4.69, 9.17) is 14.2 Å². The summed E-state index contributed by atoms with van der Waals surface area (Å²) in [5, 5.41) is 0. The molecule has 0 unspecified atom stereocenters. The minimum atomic E-state index is -0.841. The van der Waals surface area contributed by atoms with Gasteiger partial charge in [0, 0.05) is 38.9 Å². The van der Waals surface area contributed by atoms with Crippen LogP contribution in [-0.4, -0.2) is 87.3 Å². The highest BCUT2D eigenvalue weighted by Crippen LogP contribution is 2.25. The highest BCUT2D eigenvalue weighted by molar-refractivity contribution is 5.70. The van der Waals surface area contributed by atoms with Crippen LogP contribution in [0.1, 0.15) is 297 Å². The van der Waals surface area contributed by atoms with Crippen molar-refractivity contribution in [2.45, 2.75) is 297 Å². The lowest BCUT2D eigenvalue weighted by Gasteiger charge is -2.37. The van der Waals surface area contributed by atoms with Gasteiger partial charge in [-0.3, -0.25) is 14.4 Å². The van der Waals surface area contributed by atoms with E-state index < -0.39 is 5.41 Å². The van der Waals surface area contributed by atoms with Crippen LogP contribution < -0.4 is 0 Å². The predicted octanol–water partition coefficient (Wildman–Crippen LogP) is 16.7. The maximum atomic E-state index is 13.3. The van der Waals surface area contributed by atoms with Gasteiger partial charge in [0.1, 0.15) is 19.8 Å². The van der Waals surface area contributed by atoms with E-state index >= 15 is 0 Å². The number of rotatable bonds is 53. The molecule has 1 saturated heterocycles. The second kappa shape index (κ2) is 48.0. The summed E-state index contributed by atoms with van der Waals surface area (Å²) in [7, 11) is 2.08. The number of ether oxygens (including phenoxy) is 3. The van der Waals surface area contributed by atoms with E-state index in [0.717, 1.165) is 84.0 Å². The molecule has 67 heavy (non-hydrogen) atoms. The van der Waals surface area contributed by atoms with E-state index in [0.29, 0.717) is 25.8 Å². The van der Waals surface area contributed by atoms with Gasteiger partial charge < -0.3 is 24.0 Å². The number of hydrogen-bond donors (Lipinski definition) is 0. The van der Waals surface area contributed by atoms with E-state index in [-0.39, 0.29) is 37.7 Å². The van der Waals surface area contributed by atoms with Crippen LogP contribution >= 0.6 is 0 Å². The van der Waals surface area contributed by atoms with E-state index in [1.165, 1.54) is 199 Å². The Labute approximate surface area is 416 Å². The topological polar surface area (TPSA) is 85.4 Å². The second-order valence-electron chi connectivity index (χ2n) is 21.4. The predicted molar refractivity (Wildman–Crippen MR) is 285 cm³/mol. The molecule has 0 bridgehead atoms. The highest BCUT2D eigenvalue weighted by atomic mass is 16.6. The molecule has 1 heterocycles. The number of likely N-dealkylation sites (N-methyl/N-ethyl adjacent to an activating group) is 1. The zero-order valence-corrected chi connectivity index (χ0v) is 45.4. The van der Waals surface area contributed by atoms with Gasteiger partial charge in [0.25, 0.3) is 0 Å². The van der Waals surface area contributed by atoms with E-state index in [2.05, 4.69) is 37.6 Å². The molecule has 1 aliphatic rings. The smallest absolute Gasteiger partial charge is 0.305 e. The Bertz CT molecular complexity index is 986. The zero-order valence-electron chi connectivity index (χ0n) is 45.4. The minimum Gasteiger partial charge on any atom is -0.465 e. The van der Waals surface area contributed by atoms with Crippen molar-refractivity contribution in [3.05, 3.63) is 0 Å². The fraction of sp³-hybridized carbons (Fsp3) is 0.949. The molecule has 0 radical (unpaired) electrons. The van der Waals surface area contributed by atoms with Crippen LogP contribution in [0.15, 0.2) is 0 Å². The SMILES string of the molecule is CCCCCCCCCCCCCCCC(=O)OCC(COC(=O)CCCCCCCCCCCCCCC)(COC(=O)CCCCCCCCCCCCCCC)CN(C)CCN1CCC1. The summed E-state index contributed by atoms with van der Waals surface area (Å²) < 4.78 is 18.1. The Morgan fingerprint density at radius 1 is 0.388 bits per heavy atom. The van der Waals surface area contributed by atoms with Gasteiger partial charge in [-0.1, -0.05) is 252 Å². The van der Waals surface area contributed by atoms with Crippen LogP contribution in [0.4, 0.5) is 0 Å². The summed E-state index contributed by atoms with van der Waals surface area (Å²) in [4.78, 5) is 44.4. The van der Waals surface area contributed by atoms with Gasteiger partial charge in [-0.25, -0.2) is 0 Å². The number of esters is 3. The van der Waals surface area contributed by atoms with Crippen molar-refractivity contribution >= 4 is 17.9 Å². The minimum absolute atomic E-state index is 0.0658. The number of hydrogen-bond acceptors (Lipinski definition) is 8. The van der Waals surface area contributed by atoms with Gasteiger partial charge in [0.2, 0.25) is 0 Å². The number of carbonyl (C=O) groups is 3. The Morgan fingerprint density at radius 3 is 0.851 bits per heavy atom. The van der Waals surface area contributed by atoms with Crippen LogP contribution in [0.25, 0.3) is 0 Å². The fourth-order valence-corrected chi connectivity index (χ4v) is 9.61. The fourth-order valence-electron chi connectivity index (χ4n) is 9.61. The Hall–Kier alpha value is -1.67. The van der Waals surface area contributed by atoms with Gasteiger partial charge in [0.15, 0.2) is 0 Å². The first-order chi connectivity index (χ1) is 32.8. The molecule has 0 spiro atoms. The summed E-state index contributed by atoms with van der Waals surface area (Å²) in [5.74, 6) is -0.646. The first-order valence-corrected chi connectivity index (χ1v) is 29.7. The molecule has 1 aliphatic heterocycles. The summed E-state index contributed by atoms with van der Waals surface area (Å²) in [6.07, 6.45) is 51.5. The van der Waals surface area contributed by atoms with Crippen LogP contribution in [-0.2, 0) is 28.6 Å². The van der Waals surface area contributed by atoms with Crippen molar-refractivity contribution in [3.63, 3.8) is 0 Å². The molecule has 8 nitrogen and oxygen atoms in total. The number of nitrogens with zero attached hydrogens (tertiary/aromatic N) is 2. The maximum Gasteiger partial charge on any atom is 0.305 e. The van der Waals surface area contributed by atoms with E-state index in [9.17, 15) is 14.4 Å². The Kier molecular flexibility index (Phi) is 45.4. The second-order valence-corrected chi connectivity index (χ2v) is 21.4. The van der Waals surface area contributed by atoms with Crippen LogP contribution in [0.2, 0.25) is 0 Å². The number of unbranched alkanes of at least 4 members (excludes halogenated alkanes) is 36. The molecule has 0 N–H and O–H groups in total. The molecule has 8 heteroatoms. The Balaban J connectivity index is 2.68. The largest absolute Gasteiger partial charge is 0.465 e. The first kappa shape index (κ1) is 63.3. The molecular weight excluding hydrogens is 833 g/mol. The lowest BCUT2D eigenvalue weighted by molar-refractivity contribution is -0.163. The van der Waals surface area contributed by atoms with Gasteiger partial charge in [-0.15, -0.1) is 0 Å². The molecular formula is C59H114N2O6. The third kappa shape index (κ3) is 41.8. The normalized spacial score (nSPS) is 13.0. The van der Waals surface area contributed by atoms with Gasteiger partial charge in [-0.05, 0) is 45.8 Å². The molecule has 1 fully saturated rings. The van der Waals surface area contributed by atoms with Crippen molar-refractivity contribution < 1.29 is 28.6 Å². The molecule has 0 aromatic rings. The summed E-state index contributed by atoms with van der Waals surface area (Å²) in [5.41, 5.74) is -0.841. The number of likely N-dealkylation sites (tertiary alicyclic amines) is 1. The molecule has 396 valence electrons. The lowest BCUT2D eigenvalue weighted by Crippen LogP contribution is -2.49. The molecule has 0 aliphatic carbocycles. The summed E-state index contributed by atoms with van der Waals surface area (Å²) >= 11 is 0. The van der Waals surface area contributed by atoms with E-state index in [1.54, 1.807) is 0 Å². The van der Waals surface area contributed by atoms with Gasteiger partial charge >= 0.3 is 17.9 Å². The average molecular weight is 948 g/mol. The van der Waals surface area contributed by atoms with Crippen LogP contribution in [0, 0.1) is 5.41 Å². The van der Waals surface area contributed by atoms with Crippen LogP contribution in [0.5, 0.6) is 0 Å². The summed E-state index contributed by atoms with van der Waals surface area (Å²) in [6, 6.07) is 0. The van der Waals surface area contributed by atoms with Crippen molar-refractivity contribution in [2.24, 2.45) is 5.41 Å². The van der Waals surface area contributed by atoms with Gasteiger partial charge in [0.05, 0.1) is 5.41 Å². The highest BCUT2D eigenvalue weighted by Gasteiger charge is 2.37. The molecule has 0 aromatic carbocycles. The van der Waals surface area contributed by atoms with Crippen molar-refractivity contribution in [3.8, 4) is 0 Å². The van der Waals surface area contributed by atoms with Crippen molar-refractivity contribution in [2.75, 3.05) is 59.6 Å². The molecule has 1 rings (SSSR count). The first-order valence-electron chi connectivity index (χ1n) is 29.7. The number of carbonyl (C=O) groups excluding carboxylic acids is 3. The molecule has 0 aromatic heterocycles. The van der Waals surface area contributed by atoms with Crippen molar-refractivity contribution in [1.29, 1.82) is 0 Å². The monoisotopic (exact) mass is 947 g/mol. The molecule has 0 amide bonds. The third-order valence-corrected chi connectivity index (χ3v) is 14.4. The van der Waals surface area contributed by atoms with Crippen molar-refractivity contribution in [1.82, 2.24) is 9.80 Å². The zero-order chi connectivity index (χ0) is 48.6. The average Bonchev–Trinajstić information content (AvgIpc) is 3.30. The standard InChI is InChI=1S/C59H114N2O6/c1-5-8-11-14-17-20-23-26-29-32-35-38-41-45-56(62)65-53-59(52-60(4)50-51-61-48-44-49-61,54-66-57(63)46-42-39-36-33-30-27-24-21-18-15-12-9-6-2)55-67-58(64)47-43-40-37-34-31-28-25-22-19-16-13-10-7-3/h5-55H2,1-4H3. The maximum absolute atomic E-state index is 13.3. The Morgan fingerprint density at radius 2 is 0.627 bits per heavy atom. The van der Waals surface area contributed by atoms with E-state index in [1.807, 2.05) is 0 Å². The van der Waals surface area contributed by atoms with Crippen LogP contribution in [0.3, 0.4) is 0 Å². The molecule has 0 saturated carbocycles. The summed E-state index contributed by atoms with van der Waals surface area (Å²) in [6.45, 7) is 11.6. The third-order valence-electron chi connectivity index (χ3n) is 14.4. The quantitative estimate of drug-likeness (QED) is 0.0339. The molecule has 0 atom stereocenters. The lowest BCUT2D eigenvalue weighted by atomic mass is 9.90.